The van der Waals surface area contributed by atoms with Crippen LogP contribution < -0.4 is 0 Å². The Labute approximate surface area is 166 Å². The van der Waals surface area contributed by atoms with Gasteiger partial charge in [-0.3, -0.25) is 4.90 Å². The summed E-state index contributed by atoms with van der Waals surface area (Å²) in [7, 11) is 0. The Morgan fingerprint density at radius 3 is 2.56 bits per heavy atom. The summed E-state index contributed by atoms with van der Waals surface area (Å²) >= 11 is 6.38. The molecule has 0 bridgehead atoms. The van der Waals surface area contributed by atoms with Crippen LogP contribution in [-0.4, -0.2) is 24.6 Å². The number of morpholine rings is 1. The third-order valence-corrected chi connectivity index (χ3v) is 5.44. The summed E-state index contributed by atoms with van der Waals surface area (Å²) in [6.07, 6.45) is 0.158. The highest BCUT2D eigenvalue weighted by Crippen LogP contribution is 2.29. The van der Waals surface area contributed by atoms with Gasteiger partial charge in [-0.25, -0.2) is 0 Å². The van der Waals surface area contributed by atoms with E-state index in [0.717, 1.165) is 42.4 Å². The molecule has 0 aromatic heterocycles. The second kappa shape index (κ2) is 8.26. The molecule has 1 aliphatic rings. The van der Waals surface area contributed by atoms with Gasteiger partial charge in [-0.2, -0.15) is 0 Å². The quantitative estimate of drug-likeness (QED) is 0.562. The molecular formula is C24H24ClNO. The molecule has 0 spiro atoms. The van der Waals surface area contributed by atoms with Gasteiger partial charge in [-0.15, -0.1) is 0 Å². The van der Waals surface area contributed by atoms with Crippen LogP contribution in [0, 0.1) is 6.92 Å². The molecule has 3 aromatic rings. The third kappa shape index (κ3) is 4.41. The molecule has 0 radical (unpaired) electrons. The molecule has 4 rings (SSSR count). The molecule has 1 atom stereocenters. The molecule has 3 heteroatoms. The zero-order chi connectivity index (χ0) is 18.6. The standard InChI is InChI=1S/C24H24ClNO/c1-18-7-12-23(25)22(15-18)20-10-8-19(9-11-20)16-26-13-14-27-24(17-26)21-5-3-2-4-6-21/h2-12,15,24H,13-14,16-17H2,1H3. The zero-order valence-electron chi connectivity index (χ0n) is 15.6. The Balaban J connectivity index is 1.44. The summed E-state index contributed by atoms with van der Waals surface area (Å²) in [5.41, 5.74) is 6.05. The smallest absolute Gasteiger partial charge is 0.0952 e. The number of hydrogen-bond donors (Lipinski definition) is 0. The molecule has 1 unspecified atom stereocenters. The van der Waals surface area contributed by atoms with E-state index in [1.807, 2.05) is 18.2 Å². The Bertz CT molecular complexity index is 892. The lowest BCUT2D eigenvalue weighted by Crippen LogP contribution is -2.37. The minimum absolute atomic E-state index is 0.158. The van der Waals surface area contributed by atoms with E-state index in [1.54, 1.807) is 0 Å². The second-order valence-electron chi connectivity index (χ2n) is 7.19. The first-order valence-electron chi connectivity index (χ1n) is 9.43. The molecule has 1 aliphatic heterocycles. The highest BCUT2D eigenvalue weighted by Gasteiger charge is 2.21. The van der Waals surface area contributed by atoms with Crippen LogP contribution >= 0.6 is 11.6 Å². The van der Waals surface area contributed by atoms with Crippen molar-refractivity contribution in [1.29, 1.82) is 0 Å². The molecular weight excluding hydrogens is 354 g/mol. The zero-order valence-corrected chi connectivity index (χ0v) is 16.3. The van der Waals surface area contributed by atoms with Crippen molar-refractivity contribution in [3.05, 3.63) is 94.5 Å². The molecule has 1 saturated heterocycles. The minimum Gasteiger partial charge on any atom is -0.371 e. The van der Waals surface area contributed by atoms with Gasteiger partial charge >= 0.3 is 0 Å². The van der Waals surface area contributed by atoms with Crippen molar-refractivity contribution in [2.45, 2.75) is 19.6 Å². The molecule has 0 saturated carbocycles. The van der Waals surface area contributed by atoms with Gasteiger partial charge in [-0.05, 0) is 35.7 Å². The van der Waals surface area contributed by atoms with Crippen molar-refractivity contribution >= 4 is 11.6 Å². The predicted molar refractivity (Wildman–Crippen MR) is 112 cm³/mol. The van der Waals surface area contributed by atoms with Crippen molar-refractivity contribution < 1.29 is 4.74 Å². The molecule has 1 heterocycles. The number of benzene rings is 3. The van der Waals surface area contributed by atoms with E-state index in [4.69, 9.17) is 16.3 Å². The fourth-order valence-electron chi connectivity index (χ4n) is 3.62. The van der Waals surface area contributed by atoms with Gasteiger partial charge in [0.15, 0.2) is 0 Å². The highest BCUT2D eigenvalue weighted by molar-refractivity contribution is 6.33. The van der Waals surface area contributed by atoms with E-state index in [0.29, 0.717) is 0 Å². The van der Waals surface area contributed by atoms with Gasteiger partial charge in [0.1, 0.15) is 0 Å². The third-order valence-electron chi connectivity index (χ3n) is 5.11. The Hall–Kier alpha value is -2.13. The first kappa shape index (κ1) is 18.2. The summed E-state index contributed by atoms with van der Waals surface area (Å²) in [5.74, 6) is 0. The van der Waals surface area contributed by atoms with Gasteiger partial charge in [0.25, 0.3) is 0 Å². The maximum Gasteiger partial charge on any atom is 0.0952 e. The Kier molecular flexibility index (Phi) is 5.58. The lowest BCUT2D eigenvalue weighted by atomic mass is 10.0. The lowest BCUT2D eigenvalue weighted by Gasteiger charge is -2.33. The lowest BCUT2D eigenvalue weighted by molar-refractivity contribution is -0.0329. The predicted octanol–water partition coefficient (Wildman–Crippen LogP) is 5.89. The SMILES string of the molecule is Cc1ccc(Cl)c(-c2ccc(CN3CCOC(c4ccccc4)C3)cc2)c1. The van der Waals surface area contributed by atoms with E-state index < -0.39 is 0 Å². The topological polar surface area (TPSA) is 12.5 Å². The Morgan fingerprint density at radius 2 is 1.78 bits per heavy atom. The summed E-state index contributed by atoms with van der Waals surface area (Å²) in [6, 6.07) is 25.4. The number of nitrogens with zero attached hydrogens (tertiary/aromatic N) is 1. The van der Waals surface area contributed by atoms with Gasteiger partial charge in [-0.1, -0.05) is 77.8 Å². The van der Waals surface area contributed by atoms with Crippen LogP contribution in [0.2, 0.25) is 5.02 Å². The van der Waals surface area contributed by atoms with Crippen LogP contribution in [0.3, 0.4) is 0 Å². The average Bonchev–Trinajstić information content (AvgIpc) is 2.71. The highest BCUT2D eigenvalue weighted by atomic mass is 35.5. The average molecular weight is 378 g/mol. The van der Waals surface area contributed by atoms with Crippen LogP contribution in [0.4, 0.5) is 0 Å². The van der Waals surface area contributed by atoms with Crippen molar-refractivity contribution in [3.8, 4) is 11.1 Å². The van der Waals surface area contributed by atoms with E-state index in [9.17, 15) is 0 Å². The summed E-state index contributed by atoms with van der Waals surface area (Å²) in [5, 5.41) is 0.798. The number of ether oxygens (including phenoxy) is 1. The number of aryl methyl sites for hydroxylation is 1. The summed E-state index contributed by atoms with van der Waals surface area (Å²) < 4.78 is 5.98. The monoisotopic (exact) mass is 377 g/mol. The van der Waals surface area contributed by atoms with E-state index >= 15 is 0 Å². The van der Waals surface area contributed by atoms with Crippen LogP contribution in [0.5, 0.6) is 0 Å². The van der Waals surface area contributed by atoms with E-state index in [2.05, 4.69) is 66.4 Å². The second-order valence-corrected chi connectivity index (χ2v) is 7.59. The number of rotatable bonds is 4. The van der Waals surface area contributed by atoms with Crippen molar-refractivity contribution in [2.75, 3.05) is 19.7 Å². The largest absolute Gasteiger partial charge is 0.371 e. The molecule has 0 N–H and O–H groups in total. The van der Waals surface area contributed by atoms with Gasteiger partial charge in [0, 0.05) is 30.2 Å². The fourth-order valence-corrected chi connectivity index (χ4v) is 3.85. The van der Waals surface area contributed by atoms with Crippen LogP contribution in [-0.2, 0) is 11.3 Å². The number of halogens is 1. The molecule has 3 aromatic carbocycles. The Morgan fingerprint density at radius 1 is 1.00 bits per heavy atom. The molecule has 0 aliphatic carbocycles. The van der Waals surface area contributed by atoms with E-state index in [1.165, 1.54) is 16.7 Å². The van der Waals surface area contributed by atoms with Gasteiger partial charge < -0.3 is 4.74 Å². The van der Waals surface area contributed by atoms with Gasteiger partial charge in [0.2, 0.25) is 0 Å². The molecule has 0 amide bonds. The molecule has 2 nitrogen and oxygen atoms in total. The minimum atomic E-state index is 0.158. The van der Waals surface area contributed by atoms with Crippen molar-refractivity contribution in [3.63, 3.8) is 0 Å². The summed E-state index contributed by atoms with van der Waals surface area (Å²) in [6.45, 7) is 5.70. The van der Waals surface area contributed by atoms with Crippen LogP contribution in [0.25, 0.3) is 11.1 Å². The molecule has 27 heavy (non-hydrogen) atoms. The molecule has 1 fully saturated rings. The van der Waals surface area contributed by atoms with Crippen molar-refractivity contribution in [2.24, 2.45) is 0 Å². The maximum atomic E-state index is 6.38. The normalized spacial score (nSPS) is 17.8. The van der Waals surface area contributed by atoms with Crippen LogP contribution in [0.1, 0.15) is 22.8 Å². The van der Waals surface area contributed by atoms with Crippen LogP contribution in [0.15, 0.2) is 72.8 Å². The molecule has 138 valence electrons. The van der Waals surface area contributed by atoms with Gasteiger partial charge in [0.05, 0.1) is 12.7 Å². The maximum absolute atomic E-state index is 6.38. The summed E-state index contributed by atoms with van der Waals surface area (Å²) in [4.78, 5) is 2.47. The number of hydrogen-bond acceptors (Lipinski definition) is 2. The van der Waals surface area contributed by atoms with Crippen molar-refractivity contribution in [1.82, 2.24) is 4.90 Å². The first-order valence-corrected chi connectivity index (χ1v) is 9.81. The fraction of sp³-hybridized carbons (Fsp3) is 0.250. The van der Waals surface area contributed by atoms with E-state index in [-0.39, 0.29) is 6.10 Å². The first-order chi connectivity index (χ1) is 13.2.